The molecule has 6 heteroatoms. The van der Waals surface area contributed by atoms with Crippen LogP contribution in [-0.2, 0) is 11.2 Å². The molecule has 0 aliphatic rings. The van der Waals surface area contributed by atoms with Crippen LogP contribution in [0.5, 0.6) is 0 Å². The Morgan fingerprint density at radius 1 is 1.43 bits per heavy atom. The molecule has 0 aliphatic carbocycles. The number of hydrogen-bond acceptors (Lipinski definition) is 3. The lowest BCUT2D eigenvalue weighted by molar-refractivity contribution is -0.116. The zero-order valence-corrected chi connectivity index (χ0v) is 13.7. The van der Waals surface area contributed by atoms with Crippen molar-refractivity contribution < 1.29 is 4.79 Å². The largest absolute Gasteiger partial charge is 0.352 e. The number of nitrogens with one attached hydrogen (secondary N) is 1. The first kappa shape index (κ1) is 16.0. The average molecular weight is 341 g/mol. The molecule has 0 spiro atoms. The number of carbonyl (C=O) groups is 1. The van der Waals surface area contributed by atoms with Gasteiger partial charge in [0.1, 0.15) is 0 Å². The van der Waals surface area contributed by atoms with Gasteiger partial charge in [0, 0.05) is 40.2 Å². The highest BCUT2D eigenvalue weighted by Gasteiger charge is 2.01. The van der Waals surface area contributed by atoms with Gasteiger partial charge < -0.3 is 5.32 Å². The standard InChI is InChI=1S/C15H14Cl2N2OS/c1-10-9-21-15(19-10)6-7-18-14(20)5-3-11-2-4-12(16)8-13(11)17/h2-5,8-9H,6-7H2,1H3,(H,18,20)/b5-3+. The van der Waals surface area contributed by atoms with Gasteiger partial charge in [0.2, 0.25) is 5.91 Å². The molecule has 1 heterocycles. The maximum Gasteiger partial charge on any atom is 0.244 e. The lowest BCUT2D eigenvalue weighted by Gasteiger charge is -2.01. The number of halogens is 2. The van der Waals surface area contributed by atoms with Gasteiger partial charge in [-0.05, 0) is 30.7 Å². The van der Waals surface area contributed by atoms with E-state index in [1.54, 1.807) is 35.6 Å². The molecule has 0 fully saturated rings. The van der Waals surface area contributed by atoms with E-state index in [4.69, 9.17) is 23.2 Å². The fourth-order valence-electron chi connectivity index (χ4n) is 1.67. The van der Waals surface area contributed by atoms with Gasteiger partial charge in [0.15, 0.2) is 0 Å². The van der Waals surface area contributed by atoms with Crippen molar-refractivity contribution in [1.29, 1.82) is 0 Å². The normalized spacial score (nSPS) is 11.0. The summed E-state index contributed by atoms with van der Waals surface area (Å²) in [5.41, 5.74) is 1.77. The number of aromatic nitrogens is 1. The van der Waals surface area contributed by atoms with Crippen molar-refractivity contribution in [2.24, 2.45) is 0 Å². The zero-order valence-electron chi connectivity index (χ0n) is 11.4. The third-order valence-electron chi connectivity index (χ3n) is 2.68. The Morgan fingerprint density at radius 3 is 2.90 bits per heavy atom. The second-order valence-electron chi connectivity index (χ2n) is 4.42. The van der Waals surface area contributed by atoms with Crippen LogP contribution >= 0.6 is 34.5 Å². The van der Waals surface area contributed by atoms with Crippen LogP contribution in [0.3, 0.4) is 0 Å². The van der Waals surface area contributed by atoms with Crippen LogP contribution in [-0.4, -0.2) is 17.4 Å². The minimum absolute atomic E-state index is 0.158. The molecule has 3 nitrogen and oxygen atoms in total. The van der Waals surface area contributed by atoms with Gasteiger partial charge >= 0.3 is 0 Å². The second-order valence-corrected chi connectivity index (χ2v) is 6.21. The van der Waals surface area contributed by atoms with Gasteiger partial charge in [-0.3, -0.25) is 4.79 Å². The molecule has 1 aromatic heterocycles. The molecule has 0 unspecified atom stereocenters. The second kappa shape index (κ2) is 7.59. The first-order valence-corrected chi connectivity index (χ1v) is 8.00. The predicted octanol–water partition coefficient (Wildman–Crippen LogP) is 4.13. The Morgan fingerprint density at radius 2 is 2.24 bits per heavy atom. The number of carbonyl (C=O) groups excluding carboxylic acids is 1. The number of benzene rings is 1. The lowest BCUT2D eigenvalue weighted by atomic mass is 10.2. The van der Waals surface area contributed by atoms with Gasteiger partial charge in [0.25, 0.3) is 0 Å². The Labute approximate surface area is 137 Å². The van der Waals surface area contributed by atoms with E-state index in [0.717, 1.165) is 22.7 Å². The number of rotatable bonds is 5. The summed E-state index contributed by atoms with van der Waals surface area (Å²) in [6, 6.07) is 5.15. The molecular weight excluding hydrogens is 327 g/mol. The fourth-order valence-corrected chi connectivity index (χ4v) is 2.92. The van der Waals surface area contributed by atoms with Crippen molar-refractivity contribution in [1.82, 2.24) is 10.3 Å². The van der Waals surface area contributed by atoms with Crippen molar-refractivity contribution in [3.8, 4) is 0 Å². The number of amides is 1. The summed E-state index contributed by atoms with van der Waals surface area (Å²) in [4.78, 5) is 16.0. The lowest BCUT2D eigenvalue weighted by Crippen LogP contribution is -2.23. The van der Waals surface area contributed by atoms with Crippen molar-refractivity contribution in [3.63, 3.8) is 0 Å². The third-order valence-corrected chi connectivity index (χ3v) is 4.27. The minimum atomic E-state index is -0.158. The molecular formula is C15H14Cl2N2OS. The quantitative estimate of drug-likeness (QED) is 0.831. The molecule has 2 rings (SSSR count). The smallest absolute Gasteiger partial charge is 0.244 e. The maximum atomic E-state index is 11.7. The highest BCUT2D eigenvalue weighted by Crippen LogP contribution is 2.21. The van der Waals surface area contributed by atoms with Crippen LogP contribution in [0.2, 0.25) is 10.0 Å². The van der Waals surface area contributed by atoms with Crippen LogP contribution in [0.15, 0.2) is 29.7 Å². The van der Waals surface area contributed by atoms with E-state index in [1.165, 1.54) is 6.08 Å². The molecule has 0 bridgehead atoms. The maximum absolute atomic E-state index is 11.7. The summed E-state index contributed by atoms with van der Waals surface area (Å²) in [5, 5.41) is 6.93. The SMILES string of the molecule is Cc1csc(CCNC(=O)/C=C/c2ccc(Cl)cc2Cl)n1. The average Bonchev–Trinajstić information content (AvgIpc) is 2.83. The molecule has 0 saturated carbocycles. The van der Waals surface area contributed by atoms with Gasteiger partial charge in [0.05, 0.1) is 5.01 Å². The molecule has 0 saturated heterocycles. The number of hydrogen-bond donors (Lipinski definition) is 1. The first-order valence-electron chi connectivity index (χ1n) is 6.36. The fraction of sp³-hybridized carbons (Fsp3) is 0.200. The molecule has 0 atom stereocenters. The van der Waals surface area contributed by atoms with E-state index in [2.05, 4.69) is 10.3 Å². The van der Waals surface area contributed by atoms with Crippen LogP contribution in [0.4, 0.5) is 0 Å². The molecule has 1 aromatic carbocycles. The number of nitrogens with zero attached hydrogens (tertiary/aromatic N) is 1. The predicted molar refractivity (Wildman–Crippen MR) is 89.1 cm³/mol. The summed E-state index contributed by atoms with van der Waals surface area (Å²) >= 11 is 13.4. The third kappa shape index (κ3) is 5.16. The van der Waals surface area contributed by atoms with E-state index >= 15 is 0 Å². The van der Waals surface area contributed by atoms with E-state index in [9.17, 15) is 4.79 Å². The summed E-state index contributed by atoms with van der Waals surface area (Å²) in [6.07, 6.45) is 3.86. The van der Waals surface area contributed by atoms with Gasteiger partial charge in [-0.25, -0.2) is 4.98 Å². The summed E-state index contributed by atoms with van der Waals surface area (Å²) in [7, 11) is 0. The monoisotopic (exact) mass is 340 g/mol. The highest BCUT2D eigenvalue weighted by atomic mass is 35.5. The summed E-state index contributed by atoms with van der Waals surface area (Å²) < 4.78 is 0. The molecule has 2 aromatic rings. The topological polar surface area (TPSA) is 42.0 Å². The van der Waals surface area contributed by atoms with Crippen molar-refractivity contribution in [3.05, 3.63) is 56.0 Å². The Bertz CT molecular complexity index is 667. The van der Waals surface area contributed by atoms with Gasteiger partial charge in [-0.15, -0.1) is 11.3 Å². The molecule has 0 aliphatic heterocycles. The number of aryl methyl sites for hydroxylation is 1. The molecule has 1 N–H and O–H groups in total. The van der Waals surface area contributed by atoms with Crippen molar-refractivity contribution in [2.75, 3.05) is 6.54 Å². The van der Waals surface area contributed by atoms with E-state index in [1.807, 2.05) is 12.3 Å². The molecule has 110 valence electrons. The van der Waals surface area contributed by atoms with Crippen molar-refractivity contribution in [2.45, 2.75) is 13.3 Å². The minimum Gasteiger partial charge on any atom is -0.352 e. The summed E-state index contributed by atoms with van der Waals surface area (Å²) in [6.45, 7) is 2.52. The van der Waals surface area contributed by atoms with E-state index in [-0.39, 0.29) is 5.91 Å². The first-order chi connectivity index (χ1) is 10.0. The van der Waals surface area contributed by atoms with Crippen LogP contribution in [0, 0.1) is 6.92 Å². The Balaban J connectivity index is 1.82. The van der Waals surface area contributed by atoms with Crippen LogP contribution in [0.1, 0.15) is 16.3 Å². The molecule has 1 amide bonds. The highest BCUT2D eigenvalue weighted by molar-refractivity contribution is 7.09. The Kier molecular flexibility index (Phi) is 5.79. The van der Waals surface area contributed by atoms with Crippen LogP contribution < -0.4 is 5.32 Å². The molecule has 0 radical (unpaired) electrons. The van der Waals surface area contributed by atoms with Gasteiger partial charge in [-0.1, -0.05) is 29.3 Å². The van der Waals surface area contributed by atoms with Crippen molar-refractivity contribution >= 4 is 46.5 Å². The van der Waals surface area contributed by atoms with E-state index in [0.29, 0.717) is 16.6 Å². The van der Waals surface area contributed by atoms with Gasteiger partial charge in [-0.2, -0.15) is 0 Å². The Hall–Kier alpha value is -1.36. The summed E-state index contributed by atoms with van der Waals surface area (Å²) in [5.74, 6) is -0.158. The van der Waals surface area contributed by atoms with E-state index < -0.39 is 0 Å². The molecule has 21 heavy (non-hydrogen) atoms. The van der Waals surface area contributed by atoms with Crippen LogP contribution in [0.25, 0.3) is 6.08 Å². The zero-order chi connectivity index (χ0) is 15.2. The number of thiazole rings is 1.